The third-order valence-electron chi connectivity index (χ3n) is 4.88. The van der Waals surface area contributed by atoms with Crippen LogP contribution >= 0.6 is 0 Å². The summed E-state index contributed by atoms with van der Waals surface area (Å²) in [5.74, 6) is -0.133. The smallest absolute Gasteiger partial charge is 0.323 e. The van der Waals surface area contributed by atoms with E-state index in [-0.39, 0.29) is 11.9 Å². The number of carbonyl (C=O) groups is 2. The molecular weight excluding hydrogens is 326 g/mol. The van der Waals surface area contributed by atoms with Gasteiger partial charge < -0.3 is 10.2 Å². The number of urea groups is 1. The third-order valence-corrected chi connectivity index (χ3v) is 4.88. The lowest BCUT2D eigenvalue weighted by atomic mass is 9.93. The Kier molecular flexibility index (Phi) is 5.38. The Morgan fingerprint density at radius 2 is 1.54 bits per heavy atom. The number of aryl methyl sites for hydroxylation is 1. The number of hydrogen-bond acceptors (Lipinski definition) is 2. The average molecular weight is 352 g/mol. The Hall–Kier alpha value is -2.66. The number of hydrogen-bond donors (Lipinski definition) is 2. The van der Waals surface area contributed by atoms with Crippen LogP contribution in [0.2, 0.25) is 0 Å². The van der Waals surface area contributed by atoms with E-state index in [2.05, 4.69) is 17.4 Å². The maximum atomic E-state index is 12.9. The van der Waals surface area contributed by atoms with E-state index < -0.39 is 5.54 Å². The van der Waals surface area contributed by atoms with Crippen LogP contribution < -0.4 is 10.2 Å². The molecule has 3 rings (SSSR count). The lowest BCUT2D eigenvalue weighted by molar-refractivity contribution is -0.901. The molecule has 1 aliphatic rings. The summed E-state index contributed by atoms with van der Waals surface area (Å²) in [7, 11) is 1.99. The Labute approximate surface area is 154 Å². The molecule has 2 aromatic carbocycles. The molecule has 1 aliphatic heterocycles. The molecular formula is C21H26N3O2+. The van der Waals surface area contributed by atoms with Gasteiger partial charge >= 0.3 is 6.03 Å². The second kappa shape index (κ2) is 7.70. The van der Waals surface area contributed by atoms with E-state index in [9.17, 15) is 9.59 Å². The fraction of sp³-hybridized carbons (Fsp3) is 0.333. The van der Waals surface area contributed by atoms with E-state index in [0.717, 1.165) is 17.9 Å². The third kappa shape index (κ3) is 4.11. The predicted octanol–water partition coefficient (Wildman–Crippen LogP) is 1.60. The van der Waals surface area contributed by atoms with E-state index in [1.807, 2.05) is 62.5 Å². The van der Waals surface area contributed by atoms with Crippen LogP contribution in [0, 0.1) is 0 Å². The van der Waals surface area contributed by atoms with Gasteiger partial charge in [-0.1, -0.05) is 60.7 Å². The number of nitrogens with zero attached hydrogens (tertiary/aromatic N) is 1. The highest BCUT2D eigenvalue weighted by molar-refractivity contribution is 6.06. The molecule has 0 radical (unpaired) electrons. The van der Waals surface area contributed by atoms with Crippen LogP contribution in [0.5, 0.6) is 0 Å². The standard InChI is InChI=1S/C21H25N3O2/c1-21(14-13-17-9-5-3-6-10-17)19(25)24(20(26)22-21)16-23(2)15-18-11-7-4-8-12-18/h3-12H,13-16H2,1-2H3,(H,22,26)/p+1/t21-/m1/s1. The number of nitrogens with one attached hydrogen (secondary N) is 2. The van der Waals surface area contributed by atoms with Crippen molar-refractivity contribution >= 4 is 11.9 Å². The number of carbonyl (C=O) groups excluding carboxylic acids is 2. The van der Waals surface area contributed by atoms with E-state index in [0.29, 0.717) is 13.1 Å². The van der Waals surface area contributed by atoms with Gasteiger partial charge in [-0.25, -0.2) is 9.69 Å². The first-order valence-corrected chi connectivity index (χ1v) is 9.01. The van der Waals surface area contributed by atoms with E-state index in [1.54, 1.807) is 0 Å². The Morgan fingerprint density at radius 3 is 2.15 bits per heavy atom. The van der Waals surface area contributed by atoms with Crippen molar-refractivity contribution in [1.82, 2.24) is 10.2 Å². The van der Waals surface area contributed by atoms with E-state index in [1.165, 1.54) is 16.0 Å². The van der Waals surface area contributed by atoms with Crippen molar-refractivity contribution in [1.29, 1.82) is 0 Å². The maximum Gasteiger partial charge on any atom is 0.329 e. The monoisotopic (exact) mass is 352 g/mol. The summed E-state index contributed by atoms with van der Waals surface area (Å²) in [5, 5.41) is 2.89. The molecule has 0 bridgehead atoms. The molecule has 0 saturated carbocycles. The summed E-state index contributed by atoms with van der Waals surface area (Å²) in [6, 6.07) is 19.8. The predicted molar refractivity (Wildman–Crippen MR) is 100 cm³/mol. The average Bonchev–Trinajstić information content (AvgIpc) is 2.85. The summed E-state index contributed by atoms with van der Waals surface area (Å²) < 4.78 is 0. The highest BCUT2D eigenvalue weighted by atomic mass is 16.2. The Bertz CT molecular complexity index is 763. The highest BCUT2D eigenvalue weighted by Crippen LogP contribution is 2.22. The van der Waals surface area contributed by atoms with Crippen LogP contribution in [-0.4, -0.2) is 36.1 Å². The molecule has 5 nitrogen and oxygen atoms in total. The summed E-state index contributed by atoms with van der Waals surface area (Å²) >= 11 is 0. The number of amides is 3. The van der Waals surface area contributed by atoms with Gasteiger partial charge in [0, 0.05) is 5.56 Å². The van der Waals surface area contributed by atoms with Crippen LogP contribution in [0.3, 0.4) is 0 Å². The van der Waals surface area contributed by atoms with Gasteiger partial charge in [0.15, 0.2) is 6.67 Å². The molecule has 26 heavy (non-hydrogen) atoms. The SMILES string of the molecule is C[NH+](Cc1ccccc1)CN1C(=O)N[C@](C)(CCc2ccccc2)C1=O. The van der Waals surface area contributed by atoms with E-state index >= 15 is 0 Å². The van der Waals surface area contributed by atoms with Crippen LogP contribution in [0.1, 0.15) is 24.5 Å². The first-order valence-electron chi connectivity index (χ1n) is 9.01. The molecule has 0 spiro atoms. The Morgan fingerprint density at radius 1 is 0.962 bits per heavy atom. The highest BCUT2D eigenvalue weighted by Gasteiger charge is 2.48. The van der Waals surface area contributed by atoms with Gasteiger partial charge in [-0.2, -0.15) is 0 Å². The lowest BCUT2D eigenvalue weighted by Crippen LogP contribution is -3.09. The van der Waals surface area contributed by atoms with Gasteiger partial charge in [-0.05, 0) is 25.3 Å². The van der Waals surface area contributed by atoms with Crippen molar-refractivity contribution < 1.29 is 14.5 Å². The topological polar surface area (TPSA) is 53.9 Å². The van der Waals surface area contributed by atoms with Crippen molar-refractivity contribution in [2.45, 2.75) is 31.8 Å². The minimum Gasteiger partial charge on any atom is -0.323 e. The number of quaternary nitrogens is 1. The molecule has 2 atom stereocenters. The normalized spacial score (nSPS) is 20.9. The molecule has 1 fully saturated rings. The molecule has 136 valence electrons. The second-order valence-corrected chi connectivity index (χ2v) is 7.26. The van der Waals surface area contributed by atoms with Gasteiger partial charge in [0.1, 0.15) is 12.1 Å². The number of rotatable bonds is 7. The zero-order valence-electron chi connectivity index (χ0n) is 15.4. The lowest BCUT2D eigenvalue weighted by Gasteiger charge is -2.23. The molecule has 1 heterocycles. The zero-order valence-corrected chi connectivity index (χ0v) is 15.4. The minimum atomic E-state index is -0.833. The number of imide groups is 1. The Balaban J connectivity index is 1.60. The van der Waals surface area contributed by atoms with Crippen LogP contribution in [-0.2, 0) is 17.8 Å². The molecule has 1 saturated heterocycles. The van der Waals surface area contributed by atoms with Crippen LogP contribution in [0.4, 0.5) is 4.79 Å². The molecule has 0 aliphatic carbocycles. The number of benzene rings is 2. The van der Waals surface area contributed by atoms with Crippen molar-refractivity contribution in [2.24, 2.45) is 0 Å². The van der Waals surface area contributed by atoms with Gasteiger partial charge in [0.25, 0.3) is 5.91 Å². The quantitative estimate of drug-likeness (QED) is 0.744. The van der Waals surface area contributed by atoms with Crippen LogP contribution in [0.15, 0.2) is 60.7 Å². The first-order chi connectivity index (χ1) is 12.5. The molecule has 0 aromatic heterocycles. The van der Waals surface area contributed by atoms with Gasteiger partial charge in [0.05, 0.1) is 7.05 Å². The van der Waals surface area contributed by atoms with Gasteiger partial charge in [-0.3, -0.25) is 4.79 Å². The van der Waals surface area contributed by atoms with E-state index in [4.69, 9.17) is 0 Å². The minimum absolute atomic E-state index is 0.133. The summed E-state index contributed by atoms with van der Waals surface area (Å²) in [6.07, 6.45) is 1.35. The fourth-order valence-corrected chi connectivity index (χ4v) is 3.37. The fourth-order valence-electron chi connectivity index (χ4n) is 3.37. The van der Waals surface area contributed by atoms with Crippen molar-refractivity contribution in [3.8, 4) is 0 Å². The first kappa shape index (κ1) is 18.1. The zero-order chi connectivity index (χ0) is 18.6. The van der Waals surface area contributed by atoms with Crippen molar-refractivity contribution in [3.63, 3.8) is 0 Å². The van der Waals surface area contributed by atoms with Crippen molar-refractivity contribution in [3.05, 3.63) is 71.8 Å². The summed E-state index contributed by atoms with van der Waals surface area (Å²) in [6.45, 7) is 2.95. The molecule has 1 unspecified atom stereocenters. The second-order valence-electron chi connectivity index (χ2n) is 7.26. The summed E-state index contributed by atoms with van der Waals surface area (Å²) in [5.41, 5.74) is 1.52. The summed E-state index contributed by atoms with van der Waals surface area (Å²) in [4.78, 5) is 27.7. The van der Waals surface area contributed by atoms with Gasteiger partial charge in [0.2, 0.25) is 0 Å². The largest absolute Gasteiger partial charge is 0.329 e. The molecule has 2 aromatic rings. The van der Waals surface area contributed by atoms with Crippen LogP contribution in [0.25, 0.3) is 0 Å². The molecule has 3 amide bonds. The maximum absolute atomic E-state index is 12.9. The van der Waals surface area contributed by atoms with Crippen molar-refractivity contribution in [2.75, 3.05) is 13.7 Å². The van der Waals surface area contributed by atoms with Gasteiger partial charge in [-0.15, -0.1) is 0 Å². The molecule has 2 N–H and O–H groups in total. The molecule has 5 heteroatoms.